The lowest BCUT2D eigenvalue weighted by molar-refractivity contribution is -0.138. The van der Waals surface area contributed by atoms with E-state index in [9.17, 15) is 4.79 Å². The molecule has 2 N–H and O–H groups in total. The largest absolute Gasteiger partial charge is 0.481 e. The molecule has 78 valence electrons. The Morgan fingerprint density at radius 1 is 1.60 bits per heavy atom. The number of benzene rings is 1. The van der Waals surface area contributed by atoms with Crippen molar-refractivity contribution in [3.05, 3.63) is 29.0 Å². The Balaban J connectivity index is 2.59. The number of hydrogen-bond acceptors (Lipinski definition) is 2. The molecule has 1 aromatic heterocycles. The van der Waals surface area contributed by atoms with Crippen molar-refractivity contribution in [2.45, 2.75) is 12.8 Å². The molecule has 1 aromatic carbocycles. The summed E-state index contributed by atoms with van der Waals surface area (Å²) in [5.41, 5.74) is 2.13. The number of fused-ring (bicyclic) bond motifs is 1. The highest BCUT2D eigenvalue weighted by atomic mass is 35.5. The van der Waals surface area contributed by atoms with Crippen LogP contribution in [0.2, 0.25) is 5.02 Å². The predicted octanol–water partition coefficient (Wildman–Crippen LogP) is 2.40. The first kappa shape index (κ1) is 9.98. The van der Waals surface area contributed by atoms with E-state index < -0.39 is 11.9 Å². The van der Waals surface area contributed by atoms with Crippen molar-refractivity contribution in [1.29, 1.82) is 0 Å². The third-order valence-corrected chi connectivity index (χ3v) is 2.70. The first-order valence-electron chi connectivity index (χ1n) is 4.45. The van der Waals surface area contributed by atoms with Gasteiger partial charge in [-0.3, -0.25) is 4.79 Å². The van der Waals surface area contributed by atoms with Crippen LogP contribution >= 0.6 is 11.6 Å². The quantitative estimate of drug-likeness (QED) is 0.823. The van der Waals surface area contributed by atoms with Gasteiger partial charge in [-0.05, 0) is 24.6 Å². The van der Waals surface area contributed by atoms with Gasteiger partial charge in [-0.2, -0.15) is 0 Å². The smallest absolute Gasteiger partial charge is 0.310 e. The SMILES string of the molecule is CC(C(=O)O)c1cc2[nH]cnc2cc1Cl. The molecule has 0 fully saturated rings. The molecule has 0 aliphatic rings. The van der Waals surface area contributed by atoms with Gasteiger partial charge in [0.25, 0.3) is 0 Å². The number of carbonyl (C=O) groups is 1. The minimum absolute atomic E-state index is 0.435. The van der Waals surface area contributed by atoms with Gasteiger partial charge < -0.3 is 10.1 Å². The first-order chi connectivity index (χ1) is 7.09. The molecule has 4 nitrogen and oxygen atoms in total. The molecule has 0 aliphatic heterocycles. The molecule has 1 atom stereocenters. The van der Waals surface area contributed by atoms with Crippen LogP contribution in [0.1, 0.15) is 18.4 Å². The van der Waals surface area contributed by atoms with Crippen molar-refractivity contribution in [3.8, 4) is 0 Å². The molecule has 2 aromatic rings. The van der Waals surface area contributed by atoms with Crippen molar-refractivity contribution in [2.24, 2.45) is 0 Å². The van der Waals surface area contributed by atoms with Crippen molar-refractivity contribution < 1.29 is 9.90 Å². The van der Waals surface area contributed by atoms with Crippen LogP contribution in [0.15, 0.2) is 18.5 Å². The summed E-state index contributed by atoms with van der Waals surface area (Å²) in [5, 5.41) is 9.33. The van der Waals surface area contributed by atoms with E-state index in [1.165, 1.54) is 0 Å². The Morgan fingerprint density at radius 3 is 3.00 bits per heavy atom. The average Bonchev–Trinajstić information content (AvgIpc) is 2.62. The highest BCUT2D eigenvalue weighted by molar-refractivity contribution is 6.32. The zero-order valence-electron chi connectivity index (χ0n) is 7.99. The molecule has 2 rings (SSSR count). The molecular weight excluding hydrogens is 216 g/mol. The van der Waals surface area contributed by atoms with Crippen LogP contribution in [0.3, 0.4) is 0 Å². The number of nitrogens with one attached hydrogen (secondary N) is 1. The van der Waals surface area contributed by atoms with E-state index >= 15 is 0 Å². The summed E-state index contributed by atoms with van der Waals surface area (Å²) in [5.74, 6) is -1.51. The summed E-state index contributed by atoms with van der Waals surface area (Å²) >= 11 is 5.98. The number of aromatic amines is 1. The van der Waals surface area contributed by atoms with Crippen molar-refractivity contribution in [3.63, 3.8) is 0 Å². The summed E-state index contributed by atoms with van der Waals surface area (Å²) < 4.78 is 0. The molecule has 1 unspecified atom stereocenters. The maximum absolute atomic E-state index is 10.8. The minimum Gasteiger partial charge on any atom is -0.481 e. The van der Waals surface area contributed by atoms with Gasteiger partial charge in [-0.25, -0.2) is 4.98 Å². The monoisotopic (exact) mass is 224 g/mol. The number of carboxylic acid groups (broad SMARTS) is 1. The number of H-pyrrole nitrogens is 1. The van der Waals surface area contributed by atoms with Gasteiger partial charge in [0.05, 0.1) is 23.3 Å². The van der Waals surface area contributed by atoms with E-state index in [-0.39, 0.29) is 0 Å². The maximum atomic E-state index is 10.8. The topological polar surface area (TPSA) is 66.0 Å². The standard InChI is InChI=1S/C10H9ClN2O2/c1-5(10(14)15)6-2-8-9(3-7(6)11)13-4-12-8/h2-5H,1H3,(H,12,13)(H,14,15). The first-order valence-corrected chi connectivity index (χ1v) is 4.82. The van der Waals surface area contributed by atoms with Gasteiger partial charge >= 0.3 is 5.97 Å². The van der Waals surface area contributed by atoms with E-state index in [0.29, 0.717) is 10.6 Å². The second-order valence-corrected chi connectivity index (χ2v) is 3.76. The number of rotatable bonds is 2. The number of aromatic nitrogens is 2. The lowest BCUT2D eigenvalue weighted by Crippen LogP contribution is -2.07. The minimum atomic E-state index is -0.893. The summed E-state index contributed by atoms with van der Waals surface area (Å²) in [4.78, 5) is 17.8. The summed E-state index contributed by atoms with van der Waals surface area (Å²) in [6.07, 6.45) is 1.55. The molecule has 0 radical (unpaired) electrons. The number of carboxylic acids is 1. The molecule has 5 heteroatoms. The fourth-order valence-electron chi connectivity index (χ4n) is 1.44. The fraction of sp³-hybridized carbons (Fsp3) is 0.200. The van der Waals surface area contributed by atoms with Gasteiger partial charge in [0.1, 0.15) is 0 Å². The van der Waals surface area contributed by atoms with Gasteiger partial charge in [0.15, 0.2) is 0 Å². The van der Waals surface area contributed by atoms with E-state index in [1.807, 2.05) is 0 Å². The number of hydrogen-bond donors (Lipinski definition) is 2. The molecule has 0 aliphatic carbocycles. The molecular formula is C10H9ClN2O2. The Labute approximate surface area is 90.9 Å². The maximum Gasteiger partial charge on any atom is 0.310 e. The normalized spacial score (nSPS) is 12.9. The summed E-state index contributed by atoms with van der Waals surface area (Å²) in [7, 11) is 0. The third kappa shape index (κ3) is 1.68. The van der Waals surface area contributed by atoms with Gasteiger partial charge in [0.2, 0.25) is 0 Å². The van der Waals surface area contributed by atoms with Gasteiger partial charge in [-0.15, -0.1) is 0 Å². The third-order valence-electron chi connectivity index (χ3n) is 2.38. The molecule has 0 saturated heterocycles. The lowest BCUT2D eigenvalue weighted by Gasteiger charge is -2.08. The number of imidazole rings is 1. The highest BCUT2D eigenvalue weighted by Crippen LogP contribution is 2.28. The number of halogens is 1. The Hall–Kier alpha value is -1.55. The number of aliphatic carboxylic acids is 1. The van der Waals surface area contributed by atoms with E-state index in [1.54, 1.807) is 25.4 Å². The number of nitrogens with zero attached hydrogens (tertiary/aromatic N) is 1. The molecule has 0 saturated carbocycles. The zero-order valence-corrected chi connectivity index (χ0v) is 8.75. The summed E-state index contributed by atoms with van der Waals surface area (Å²) in [6.45, 7) is 1.60. The van der Waals surface area contributed by atoms with Crippen LogP contribution in [0.4, 0.5) is 0 Å². The zero-order chi connectivity index (χ0) is 11.0. The molecule has 0 amide bonds. The predicted molar refractivity (Wildman–Crippen MR) is 57.2 cm³/mol. The van der Waals surface area contributed by atoms with Crippen LogP contribution in [-0.2, 0) is 4.79 Å². The average molecular weight is 225 g/mol. The van der Waals surface area contributed by atoms with Crippen molar-refractivity contribution >= 4 is 28.6 Å². The van der Waals surface area contributed by atoms with E-state index in [4.69, 9.17) is 16.7 Å². The lowest BCUT2D eigenvalue weighted by atomic mass is 10.0. The van der Waals surface area contributed by atoms with Crippen LogP contribution in [0.5, 0.6) is 0 Å². The van der Waals surface area contributed by atoms with E-state index in [2.05, 4.69) is 9.97 Å². The summed E-state index contributed by atoms with van der Waals surface area (Å²) in [6, 6.07) is 3.39. The van der Waals surface area contributed by atoms with Crippen LogP contribution in [-0.4, -0.2) is 21.0 Å². The van der Waals surface area contributed by atoms with Crippen LogP contribution in [0.25, 0.3) is 11.0 Å². The fourth-order valence-corrected chi connectivity index (χ4v) is 1.76. The van der Waals surface area contributed by atoms with Gasteiger partial charge in [0, 0.05) is 5.02 Å². The highest BCUT2D eigenvalue weighted by Gasteiger charge is 2.17. The van der Waals surface area contributed by atoms with Crippen molar-refractivity contribution in [1.82, 2.24) is 9.97 Å². The van der Waals surface area contributed by atoms with Crippen LogP contribution < -0.4 is 0 Å². The Bertz CT molecular complexity index is 521. The Morgan fingerprint density at radius 2 is 2.33 bits per heavy atom. The van der Waals surface area contributed by atoms with Crippen LogP contribution in [0, 0.1) is 0 Å². The molecule has 15 heavy (non-hydrogen) atoms. The second kappa shape index (κ2) is 3.55. The van der Waals surface area contributed by atoms with Crippen molar-refractivity contribution in [2.75, 3.05) is 0 Å². The van der Waals surface area contributed by atoms with E-state index in [0.717, 1.165) is 11.0 Å². The Kier molecular flexibility index (Phi) is 2.36. The molecule has 0 bridgehead atoms. The van der Waals surface area contributed by atoms with Gasteiger partial charge in [-0.1, -0.05) is 11.6 Å². The molecule has 0 spiro atoms. The molecule has 1 heterocycles. The second-order valence-electron chi connectivity index (χ2n) is 3.35.